The van der Waals surface area contributed by atoms with Gasteiger partial charge < -0.3 is 10.1 Å². The van der Waals surface area contributed by atoms with Crippen molar-refractivity contribution >= 4 is 33.5 Å². The van der Waals surface area contributed by atoms with E-state index in [0.29, 0.717) is 11.5 Å². The first-order valence-corrected chi connectivity index (χ1v) is 11.6. The predicted molar refractivity (Wildman–Crippen MR) is 119 cm³/mol. The number of carbonyl (C=O) groups is 2. The highest BCUT2D eigenvalue weighted by atomic mass is 79.9. The zero-order valence-corrected chi connectivity index (χ0v) is 19.3. The van der Waals surface area contributed by atoms with Gasteiger partial charge in [0.05, 0.1) is 6.42 Å². The number of hydrazone groups is 1. The molecule has 1 aromatic carbocycles. The lowest BCUT2D eigenvalue weighted by Crippen LogP contribution is -2.60. The van der Waals surface area contributed by atoms with E-state index in [-0.39, 0.29) is 30.4 Å². The number of ether oxygens (including phenoxy) is 1. The Labute approximate surface area is 186 Å². The second kappa shape index (κ2) is 8.69. The van der Waals surface area contributed by atoms with E-state index in [2.05, 4.69) is 31.8 Å². The van der Waals surface area contributed by atoms with Crippen molar-refractivity contribution in [3.63, 3.8) is 0 Å². The molecule has 4 saturated carbocycles. The van der Waals surface area contributed by atoms with Crippen molar-refractivity contribution in [1.82, 2.24) is 10.7 Å². The Bertz CT molecular complexity index is 832. The summed E-state index contributed by atoms with van der Waals surface area (Å²) >= 11 is 3.40. The lowest BCUT2D eigenvalue weighted by molar-refractivity contribution is -0.126. The fourth-order valence-electron chi connectivity index (χ4n) is 5.98. The predicted octanol–water partition coefficient (Wildman–Crippen LogP) is 4.10. The van der Waals surface area contributed by atoms with Gasteiger partial charge in [0.2, 0.25) is 5.91 Å². The lowest BCUT2D eigenvalue weighted by Gasteiger charge is -2.56. The minimum absolute atomic E-state index is 0.00569. The summed E-state index contributed by atoms with van der Waals surface area (Å²) in [5.41, 5.74) is 4.02. The monoisotopic (exact) mass is 475 g/mol. The van der Waals surface area contributed by atoms with Crippen LogP contribution in [0.1, 0.15) is 57.4 Å². The summed E-state index contributed by atoms with van der Waals surface area (Å²) in [7, 11) is 0. The molecule has 0 atom stereocenters. The molecule has 0 aromatic heterocycles. The van der Waals surface area contributed by atoms with E-state index >= 15 is 0 Å². The van der Waals surface area contributed by atoms with Crippen LogP contribution in [0, 0.1) is 24.7 Å². The molecule has 6 nitrogen and oxygen atoms in total. The minimum atomic E-state index is -0.349. The highest BCUT2D eigenvalue weighted by molar-refractivity contribution is 9.10. The number of aryl methyl sites for hydroxylation is 1. The smallest absolute Gasteiger partial charge is 0.277 e. The number of hydrogen-bond acceptors (Lipinski definition) is 4. The minimum Gasteiger partial charge on any atom is -0.483 e. The van der Waals surface area contributed by atoms with Crippen LogP contribution in [0.3, 0.4) is 0 Å². The van der Waals surface area contributed by atoms with E-state index in [1.165, 1.54) is 19.3 Å². The summed E-state index contributed by atoms with van der Waals surface area (Å²) in [5.74, 6) is 2.69. The van der Waals surface area contributed by atoms with E-state index in [0.717, 1.165) is 47.1 Å². The molecule has 0 radical (unpaired) electrons. The molecule has 5 rings (SSSR count). The summed E-state index contributed by atoms with van der Waals surface area (Å²) in [5, 5.41) is 7.42. The molecule has 1 aromatic rings. The van der Waals surface area contributed by atoms with E-state index in [4.69, 9.17) is 4.74 Å². The van der Waals surface area contributed by atoms with E-state index in [1.54, 1.807) is 6.92 Å². The fraction of sp³-hybridized carbons (Fsp3) is 0.609. The van der Waals surface area contributed by atoms with Gasteiger partial charge in [-0.25, -0.2) is 5.43 Å². The molecule has 7 heteroatoms. The normalized spacial score (nSPS) is 29.6. The van der Waals surface area contributed by atoms with Gasteiger partial charge in [-0.05, 0) is 93.9 Å². The van der Waals surface area contributed by atoms with Gasteiger partial charge in [0.15, 0.2) is 6.61 Å². The molecule has 2 N–H and O–H groups in total. The first-order valence-electron chi connectivity index (χ1n) is 10.8. The second-order valence-corrected chi connectivity index (χ2v) is 10.4. The first kappa shape index (κ1) is 21.3. The summed E-state index contributed by atoms with van der Waals surface area (Å²) in [4.78, 5) is 24.7. The standard InChI is InChI=1S/C23H30BrN3O3/c1-14-5-19(24)3-4-20(14)30-13-22(29)27-26-15(2)6-21(28)25-23-10-16-7-17(11-23)9-18(8-16)12-23/h3-5,16-18H,6-13H2,1-2H3,(H,25,28)(H,27,29). The molecule has 4 aliphatic carbocycles. The molecule has 4 aliphatic rings. The summed E-state index contributed by atoms with van der Waals surface area (Å²) in [6, 6.07) is 5.61. The molecule has 4 bridgehead atoms. The maximum absolute atomic E-state index is 12.6. The number of hydrogen-bond donors (Lipinski definition) is 2. The molecule has 0 saturated heterocycles. The average Bonchev–Trinajstić information content (AvgIpc) is 2.64. The summed E-state index contributed by atoms with van der Waals surface area (Å²) < 4.78 is 6.51. The van der Waals surface area contributed by atoms with Gasteiger partial charge in [0.25, 0.3) is 5.91 Å². The highest BCUT2D eigenvalue weighted by Gasteiger charge is 2.51. The molecule has 162 valence electrons. The van der Waals surface area contributed by atoms with Crippen LogP contribution in [0.15, 0.2) is 27.8 Å². The lowest BCUT2D eigenvalue weighted by atomic mass is 9.53. The molecular weight excluding hydrogens is 446 g/mol. The molecule has 0 aliphatic heterocycles. The van der Waals surface area contributed by atoms with Gasteiger partial charge in [-0.2, -0.15) is 5.10 Å². The third-order valence-electron chi connectivity index (χ3n) is 6.73. The van der Waals surface area contributed by atoms with Crippen LogP contribution in [0.4, 0.5) is 0 Å². The van der Waals surface area contributed by atoms with Gasteiger partial charge in [0, 0.05) is 15.7 Å². The van der Waals surface area contributed by atoms with Crippen LogP contribution in [0.2, 0.25) is 0 Å². The molecule has 0 heterocycles. The van der Waals surface area contributed by atoms with Gasteiger partial charge in [-0.1, -0.05) is 15.9 Å². The summed E-state index contributed by atoms with van der Waals surface area (Å²) in [6.07, 6.45) is 7.64. The van der Waals surface area contributed by atoms with Gasteiger partial charge in [-0.15, -0.1) is 0 Å². The molecule has 30 heavy (non-hydrogen) atoms. The topological polar surface area (TPSA) is 79.8 Å². The largest absolute Gasteiger partial charge is 0.483 e. The van der Waals surface area contributed by atoms with Crippen LogP contribution in [0.25, 0.3) is 0 Å². The van der Waals surface area contributed by atoms with Crippen LogP contribution in [0.5, 0.6) is 5.75 Å². The van der Waals surface area contributed by atoms with Crippen LogP contribution in [-0.2, 0) is 9.59 Å². The Balaban J connectivity index is 1.23. The second-order valence-electron chi connectivity index (χ2n) is 9.50. The Hall–Kier alpha value is -1.89. The van der Waals surface area contributed by atoms with E-state index in [1.807, 2.05) is 25.1 Å². The van der Waals surface area contributed by atoms with Crippen LogP contribution >= 0.6 is 15.9 Å². The number of rotatable bonds is 7. The van der Waals surface area contributed by atoms with Crippen molar-refractivity contribution in [2.75, 3.05) is 6.61 Å². The van der Waals surface area contributed by atoms with Crippen molar-refractivity contribution in [3.05, 3.63) is 28.2 Å². The quantitative estimate of drug-likeness (QED) is 0.459. The first-order chi connectivity index (χ1) is 14.3. The molecule has 4 fully saturated rings. The number of benzene rings is 1. The Morgan fingerprint density at radius 3 is 2.37 bits per heavy atom. The number of nitrogens with one attached hydrogen (secondary N) is 2. The maximum atomic E-state index is 12.6. The number of carbonyl (C=O) groups excluding carboxylic acids is 2. The third-order valence-corrected chi connectivity index (χ3v) is 7.22. The zero-order chi connectivity index (χ0) is 21.3. The number of amides is 2. The van der Waals surface area contributed by atoms with Gasteiger partial charge in [-0.3, -0.25) is 9.59 Å². The zero-order valence-electron chi connectivity index (χ0n) is 17.7. The van der Waals surface area contributed by atoms with Crippen LogP contribution in [-0.4, -0.2) is 29.7 Å². The van der Waals surface area contributed by atoms with Crippen molar-refractivity contribution in [3.8, 4) is 5.75 Å². The molecular formula is C23H30BrN3O3. The fourth-order valence-corrected chi connectivity index (χ4v) is 6.46. The highest BCUT2D eigenvalue weighted by Crippen LogP contribution is 2.55. The van der Waals surface area contributed by atoms with E-state index < -0.39 is 0 Å². The van der Waals surface area contributed by atoms with Crippen molar-refractivity contribution in [1.29, 1.82) is 0 Å². The Morgan fingerprint density at radius 2 is 1.77 bits per heavy atom. The van der Waals surface area contributed by atoms with Crippen LogP contribution < -0.4 is 15.5 Å². The SMILES string of the molecule is CC(CC(=O)NC12CC3CC(CC(C3)C1)C2)=NNC(=O)COc1ccc(Br)cc1C. The summed E-state index contributed by atoms with van der Waals surface area (Å²) in [6.45, 7) is 3.56. The van der Waals surface area contributed by atoms with E-state index in [9.17, 15) is 9.59 Å². The Kier molecular flexibility index (Phi) is 6.19. The molecule has 0 spiro atoms. The third kappa shape index (κ3) is 5.05. The number of halogens is 1. The Morgan fingerprint density at radius 1 is 1.13 bits per heavy atom. The van der Waals surface area contributed by atoms with Crippen molar-refractivity contribution in [2.24, 2.45) is 22.9 Å². The van der Waals surface area contributed by atoms with Gasteiger partial charge >= 0.3 is 0 Å². The van der Waals surface area contributed by atoms with Crippen molar-refractivity contribution in [2.45, 2.75) is 64.3 Å². The maximum Gasteiger partial charge on any atom is 0.277 e. The average molecular weight is 476 g/mol. The molecule has 0 unspecified atom stereocenters. The van der Waals surface area contributed by atoms with Gasteiger partial charge in [0.1, 0.15) is 5.75 Å². The van der Waals surface area contributed by atoms with Crippen molar-refractivity contribution < 1.29 is 14.3 Å². The molecule has 2 amide bonds. The number of nitrogens with zero attached hydrogens (tertiary/aromatic N) is 1.